The molecule has 3 heterocycles. The molecule has 5 rings (SSSR count). The fourth-order valence-corrected chi connectivity index (χ4v) is 4.46. The Balaban J connectivity index is 1.37. The summed E-state index contributed by atoms with van der Waals surface area (Å²) in [4.78, 5) is 37.0. The Morgan fingerprint density at radius 3 is 2.69 bits per heavy atom. The van der Waals surface area contributed by atoms with E-state index in [0.717, 1.165) is 32.1 Å². The van der Waals surface area contributed by atoms with Gasteiger partial charge in [0.05, 0.1) is 28.8 Å². The Bertz CT molecular complexity index is 1560. The number of carbonyl (C=O) groups excluding carboxylic acids is 2. The number of carbonyl (C=O) groups is 2. The minimum absolute atomic E-state index is 0.0427. The summed E-state index contributed by atoms with van der Waals surface area (Å²) in [5.74, 6) is -1.01. The molecule has 10 heteroatoms. The predicted octanol–water partition coefficient (Wildman–Crippen LogP) is 4.35. The lowest BCUT2D eigenvalue weighted by Gasteiger charge is -2.09. The lowest BCUT2D eigenvalue weighted by Crippen LogP contribution is -2.18. The number of primary amides is 1. The van der Waals surface area contributed by atoms with E-state index >= 15 is 0 Å². The Labute approximate surface area is 203 Å². The number of fused-ring (bicyclic) bond motifs is 1. The number of anilines is 1. The molecule has 0 fully saturated rings. The lowest BCUT2D eigenvalue weighted by molar-refractivity contribution is 0.0997. The first-order valence-corrected chi connectivity index (χ1v) is 11.4. The molecule has 0 aliphatic carbocycles. The molecule has 35 heavy (non-hydrogen) atoms. The van der Waals surface area contributed by atoms with Crippen molar-refractivity contribution in [3.8, 4) is 0 Å². The van der Waals surface area contributed by atoms with E-state index in [2.05, 4.69) is 30.5 Å². The smallest absolute Gasteiger partial charge is 0.269 e. The van der Waals surface area contributed by atoms with Gasteiger partial charge in [0.1, 0.15) is 5.69 Å². The first-order valence-electron chi connectivity index (χ1n) is 10.6. The number of pyridine rings is 1. The minimum Gasteiger partial charge on any atom is -0.364 e. The van der Waals surface area contributed by atoms with Crippen LogP contribution >= 0.6 is 11.8 Å². The molecule has 9 nitrogen and oxygen atoms in total. The van der Waals surface area contributed by atoms with Crippen LogP contribution in [-0.4, -0.2) is 37.0 Å². The molecular weight excluding hydrogens is 462 g/mol. The summed E-state index contributed by atoms with van der Waals surface area (Å²) in [6, 6.07) is 18.9. The highest BCUT2D eigenvalue weighted by Gasteiger charge is 2.17. The van der Waals surface area contributed by atoms with Crippen LogP contribution in [0.3, 0.4) is 0 Å². The molecule has 0 unspecified atom stereocenters. The van der Waals surface area contributed by atoms with Gasteiger partial charge in [0.2, 0.25) is 0 Å². The number of nitrogens with one attached hydrogen (secondary N) is 3. The molecule has 5 aromatic rings. The van der Waals surface area contributed by atoms with Crippen molar-refractivity contribution in [2.24, 2.45) is 5.73 Å². The maximum absolute atomic E-state index is 12.9. The molecule has 0 bridgehead atoms. The molecule has 0 aliphatic rings. The number of imidazole rings is 1. The van der Waals surface area contributed by atoms with Gasteiger partial charge in [-0.1, -0.05) is 30.0 Å². The van der Waals surface area contributed by atoms with Crippen LogP contribution in [0.25, 0.3) is 23.1 Å². The molecule has 0 radical (unpaired) electrons. The van der Waals surface area contributed by atoms with Gasteiger partial charge in [-0.2, -0.15) is 5.10 Å². The van der Waals surface area contributed by atoms with Gasteiger partial charge in [-0.25, -0.2) is 4.98 Å². The van der Waals surface area contributed by atoms with Crippen LogP contribution in [0, 0.1) is 0 Å². The van der Waals surface area contributed by atoms with Crippen LogP contribution in [0.4, 0.5) is 5.82 Å². The molecule has 3 aromatic heterocycles. The molecule has 5 N–H and O–H groups in total. The standard InChI is InChI=1S/C25H19N7O2S/c26-23(33)22-24(29-14-28-22)30-25(34)18-6-1-2-7-21(18)35-16-9-10-17-19(31-32-20(17)13-16)11-8-15-5-3-4-12-27-15/h1-14H,(H2,26,33)(H,28,29)(H,30,34)(H,31,32)/b11-8+. The van der Waals surface area contributed by atoms with Crippen molar-refractivity contribution in [3.63, 3.8) is 0 Å². The fourth-order valence-electron chi connectivity index (χ4n) is 3.47. The maximum atomic E-state index is 12.9. The Kier molecular flexibility index (Phi) is 6.10. The maximum Gasteiger partial charge on any atom is 0.269 e. The zero-order chi connectivity index (χ0) is 24.2. The molecule has 2 aromatic carbocycles. The van der Waals surface area contributed by atoms with Crippen LogP contribution in [0.1, 0.15) is 32.2 Å². The molecule has 2 amide bonds. The monoisotopic (exact) mass is 481 g/mol. The largest absolute Gasteiger partial charge is 0.364 e. The van der Waals surface area contributed by atoms with Crippen LogP contribution in [-0.2, 0) is 0 Å². The van der Waals surface area contributed by atoms with E-state index in [-0.39, 0.29) is 11.5 Å². The number of hydrogen-bond acceptors (Lipinski definition) is 6. The third-order valence-electron chi connectivity index (χ3n) is 5.14. The zero-order valence-electron chi connectivity index (χ0n) is 18.2. The molecule has 0 saturated carbocycles. The molecule has 0 saturated heterocycles. The number of aromatic amines is 2. The Morgan fingerprint density at radius 1 is 1.00 bits per heavy atom. The molecular formula is C25H19N7O2S. The van der Waals surface area contributed by atoms with E-state index in [1.54, 1.807) is 18.3 Å². The number of benzene rings is 2. The number of nitrogens with two attached hydrogens (primary N) is 1. The van der Waals surface area contributed by atoms with Gasteiger partial charge in [-0.05, 0) is 54.6 Å². The van der Waals surface area contributed by atoms with Crippen molar-refractivity contribution >= 4 is 52.4 Å². The summed E-state index contributed by atoms with van der Waals surface area (Å²) in [6.07, 6.45) is 6.88. The second kappa shape index (κ2) is 9.65. The number of nitrogens with zero attached hydrogens (tertiary/aromatic N) is 3. The van der Waals surface area contributed by atoms with Crippen LogP contribution in [0.15, 0.2) is 83.0 Å². The average molecular weight is 482 g/mol. The summed E-state index contributed by atoms with van der Waals surface area (Å²) in [5.41, 5.74) is 8.34. The first kappa shape index (κ1) is 22.1. The molecule has 0 aliphatic heterocycles. The van der Waals surface area contributed by atoms with Crippen molar-refractivity contribution in [1.82, 2.24) is 25.1 Å². The SMILES string of the molecule is NC(=O)c1[nH]cnc1NC(=O)c1ccccc1Sc1ccc2c(/C=C/c3ccccn3)n[nH]c2c1. The summed E-state index contributed by atoms with van der Waals surface area (Å²) in [7, 11) is 0. The van der Waals surface area contributed by atoms with E-state index in [9.17, 15) is 9.59 Å². The second-order valence-electron chi connectivity index (χ2n) is 7.45. The predicted molar refractivity (Wildman–Crippen MR) is 135 cm³/mol. The Morgan fingerprint density at radius 2 is 1.86 bits per heavy atom. The first-order chi connectivity index (χ1) is 17.1. The van der Waals surface area contributed by atoms with Crippen molar-refractivity contribution < 1.29 is 9.59 Å². The van der Waals surface area contributed by atoms with Gasteiger partial charge >= 0.3 is 0 Å². The molecule has 172 valence electrons. The third-order valence-corrected chi connectivity index (χ3v) is 6.21. The number of rotatable bonds is 7. The highest BCUT2D eigenvalue weighted by Crippen LogP contribution is 2.33. The van der Waals surface area contributed by atoms with E-state index in [4.69, 9.17) is 5.73 Å². The average Bonchev–Trinajstić information content (AvgIpc) is 3.50. The Hall–Kier alpha value is -4.70. The number of amides is 2. The highest BCUT2D eigenvalue weighted by atomic mass is 32.2. The number of hydrogen-bond donors (Lipinski definition) is 4. The van der Waals surface area contributed by atoms with E-state index < -0.39 is 11.8 Å². The minimum atomic E-state index is -0.706. The quantitative estimate of drug-likeness (QED) is 0.272. The normalized spacial score (nSPS) is 11.2. The summed E-state index contributed by atoms with van der Waals surface area (Å²) >= 11 is 1.44. The zero-order valence-corrected chi connectivity index (χ0v) is 19.0. The van der Waals surface area contributed by atoms with Gasteiger partial charge in [0.15, 0.2) is 5.82 Å². The van der Waals surface area contributed by atoms with E-state index in [1.807, 2.05) is 60.7 Å². The van der Waals surface area contributed by atoms with Crippen molar-refractivity contribution in [3.05, 3.63) is 95.8 Å². The highest BCUT2D eigenvalue weighted by molar-refractivity contribution is 7.99. The number of H-pyrrole nitrogens is 2. The molecule has 0 spiro atoms. The third kappa shape index (κ3) is 4.82. The topological polar surface area (TPSA) is 142 Å². The van der Waals surface area contributed by atoms with Crippen LogP contribution in [0.5, 0.6) is 0 Å². The lowest BCUT2D eigenvalue weighted by atomic mass is 10.2. The van der Waals surface area contributed by atoms with E-state index in [0.29, 0.717) is 5.56 Å². The fraction of sp³-hybridized carbons (Fsp3) is 0. The van der Waals surface area contributed by atoms with Crippen LogP contribution in [0.2, 0.25) is 0 Å². The van der Waals surface area contributed by atoms with Crippen molar-refractivity contribution in [2.75, 3.05) is 5.32 Å². The van der Waals surface area contributed by atoms with Gasteiger partial charge in [0.25, 0.3) is 11.8 Å². The van der Waals surface area contributed by atoms with Crippen molar-refractivity contribution in [1.29, 1.82) is 0 Å². The van der Waals surface area contributed by atoms with Gasteiger partial charge in [-0.15, -0.1) is 0 Å². The van der Waals surface area contributed by atoms with Crippen LogP contribution < -0.4 is 11.1 Å². The van der Waals surface area contributed by atoms with Crippen molar-refractivity contribution in [2.45, 2.75) is 9.79 Å². The number of aromatic nitrogens is 5. The molecule has 0 atom stereocenters. The second-order valence-corrected chi connectivity index (χ2v) is 8.56. The van der Waals surface area contributed by atoms with Gasteiger partial charge < -0.3 is 16.0 Å². The van der Waals surface area contributed by atoms with Gasteiger partial charge in [0, 0.05) is 21.4 Å². The summed E-state index contributed by atoms with van der Waals surface area (Å²) < 4.78 is 0. The summed E-state index contributed by atoms with van der Waals surface area (Å²) in [5, 5.41) is 11.1. The van der Waals surface area contributed by atoms with E-state index in [1.165, 1.54) is 18.1 Å². The summed E-state index contributed by atoms with van der Waals surface area (Å²) in [6.45, 7) is 0. The van der Waals surface area contributed by atoms with Gasteiger partial charge in [-0.3, -0.25) is 19.7 Å².